The Labute approximate surface area is 209 Å². The molecule has 4 rings (SSSR count). The molecule has 8 heteroatoms. The largest absolute Gasteiger partial charge is 0.223 e. The van der Waals surface area contributed by atoms with Gasteiger partial charge in [0.15, 0.2) is 19.7 Å². The van der Waals surface area contributed by atoms with Crippen molar-refractivity contribution in [3.63, 3.8) is 0 Å². The first kappa shape index (κ1) is 24.5. The summed E-state index contributed by atoms with van der Waals surface area (Å²) in [6.45, 7) is 0. The highest BCUT2D eigenvalue weighted by Gasteiger charge is 2.17. The predicted molar refractivity (Wildman–Crippen MR) is 137 cm³/mol. The number of hydrogen-bond donors (Lipinski definition) is 0. The summed E-state index contributed by atoms with van der Waals surface area (Å²) in [5, 5.41) is 1.10. The van der Waals surface area contributed by atoms with Crippen LogP contribution in [0.4, 0.5) is 0 Å². The molecule has 0 heterocycles. The predicted octanol–water partition coefficient (Wildman–Crippen LogP) is 6.61. The van der Waals surface area contributed by atoms with Gasteiger partial charge in [0.1, 0.15) is 0 Å². The van der Waals surface area contributed by atoms with Crippen molar-refractivity contribution in [1.82, 2.24) is 0 Å². The van der Waals surface area contributed by atoms with Crippen molar-refractivity contribution in [2.45, 2.75) is 21.3 Å². The summed E-state index contributed by atoms with van der Waals surface area (Å²) in [4.78, 5) is 0.432. The molecule has 0 radical (unpaired) electrons. The van der Waals surface area contributed by atoms with Crippen LogP contribution in [-0.2, 0) is 31.2 Å². The quantitative estimate of drug-likeness (QED) is 0.269. The fraction of sp³-hybridized carbons (Fsp3) is 0.0769. The van der Waals surface area contributed by atoms with Gasteiger partial charge in [-0.25, -0.2) is 16.8 Å². The van der Waals surface area contributed by atoms with Crippen LogP contribution >= 0.6 is 23.2 Å². The Balaban J connectivity index is 1.49. The standard InChI is InChI=1S/C26H20Cl2O4S2/c27-23-9-1-19(2-10-23)17-33(29,30)25-13-5-21(6-14-25)22-7-15-26(16-8-22)34(31,32)18-20-3-11-24(28)12-4-20/h1-16H,17-18H2. The summed E-state index contributed by atoms with van der Waals surface area (Å²) in [6.07, 6.45) is 0. The van der Waals surface area contributed by atoms with Crippen LogP contribution in [-0.4, -0.2) is 16.8 Å². The van der Waals surface area contributed by atoms with Gasteiger partial charge in [-0.2, -0.15) is 0 Å². The zero-order valence-electron chi connectivity index (χ0n) is 17.9. The van der Waals surface area contributed by atoms with Crippen LogP contribution in [0.1, 0.15) is 11.1 Å². The Morgan fingerprint density at radius 1 is 0.441 bits per heavy atom. The van der Waals surface area contributed by atoms with E-state index in [4.69, 9.17) is 23.2 Å². The first-order valence-electron chi connectivity index (χ1n) is 10.3. The second kappa shape index (κ2) is 9.92. The molecular weight excluding hydrogens is 511 g/mol. The first-order chi connectivity index (χ1) is 16.1. The lowest BCUT2D eigenvalue weighted by Gasteiger charge is -2.09. The van der Waals surface area contributed by atoms with Gasteiger partial charge < -0.3 is 0 Å². The summed E-state index contributed by atoms with van der Waals surface area (Å²) >= 11 is 11.7. The molecule has 0 aliphatic heterocycles. The maximum Gasteiger partial charge on any atom is 0.182 e. The van der Waals surface area contributed by atoms with Crippen LogP contribution in [0.15, 0.2) is 107 Å². The van der Waals surface area contributed by atoms with Gasteiger partial charge in [-0.3, -0.25) is 0 Å². The normalized spacial score (nSPS) is 11.9. The van der Waals surface area contributed by atoms with Gasteiger partial charge in [0.2, 0.25) is 0 Å². The SMILES string of the molecule is O=S(=O)(Cc1ccc(Cl)cc1)c1ccc(-c2ccc(S(=O)(=O)Cc3ccc(Cl)cc3)cc2)cc1. The van der Waals surface area contributed by atoms with E-state index in [0.29, 0.717) is 21.2 Å². The summed E-state index contributed by atoms with van der Waals surface area (Å²) < 4.78 is 51.0. The maximum atomic E-state index is 12.8. The molecule has 0 spiro atoms. The molecule has 0 aliphatic rings. The van der Waals surface area contributed by atoms with Crippen molar-refractivity contribution in [2.24, 2.45) is 0 Å². The molecule has 0 N–H and O–H groups in total. The van der Waals surface area contributed by atoms with Crippen LogP contribution in [0, 0.1) is 0 Å². The van der Waals surface area contributed by atoms with Gasteiger partial charge >= 0.3 is 0 Å². The van der Waals surface area contributed by atoms with E-state index in [1.807, 2.05) is 0 Å². The molecule has 4 aromatic rings. The lowest BCUT2D eigenvalue weighted by molar-refractivity contribution is 0.593. The summed E-state index contributed by atoms with van der Waals surface area (Å²) in [5.41, 5.74) is 2.88. The van der Waals surface area contributed by atoms with E-state index in [2.05, 4.69) is 0 Å². The molecule has 34 heavy (non-hydrogen) atoms. The molecule has 0 bridgehead atoms. The van der Waals surface area contributed by atoms with Crippen molar-refractivity contribution in [3.8, 4) is 11.1 Å². The lowest BCUT2D eigenvalue weighted by atomic mass is 10.1. The average molecular weight is 531 g/mol. The lowest BCUT2D eigenvalue weighted by Crippen LogP contribution is -2.05. The Morgan fingerprint density at radius 3 is 1.03 bits per heavy atom. The second-order valence-corrected chi connectivity index (χ2v) is 12.7. The molecule has 4 aromatic carbocycles. The highest BCUT2D eigenvalue weighted by atomic mass is 35.5. The van der Waals surface area contributed by atoms with E-state index in [0.717, 1.165) is 11.1 Å². The topological polar surface area (TPSA) is 68.3 Å². The van der Waals surface area contributed by atoms with Gasteiger partial charge in [-0.05, 0) is 70.8 Å². The highest BCUT2D eigenvalue weighted by molar-refractivity contribution is 7.91. The molecule has 4 nitrogen and oxygen atoms in total. The number of sulfone groups is 2. The van der Waals surface area contributed by atoms with Crippen molar-refractivity contribution in [2.75, 3.05) is 0 Å². The first-order valence-corrected chi connectivity index (χ1v) is 14.3. The molecule has 0 fully saturated rings. The third-order valence-electron chi connectivity index (χ3n) is 5.30. The van der Waals surface area contributed by atoms with Crippen molar-refractivity contribution in [3.05, 3.63) is 118 Å². The fourth-order valence-corrected chi connectivity index (χ4v) is 6.43. The molecular formula is C26H20Cl2O4S2. The van der Waals surface area contributed by atoms with Gasteiger partial charge in [0.25, 0.3) is 0 Å². The zero-order chi connectivity index (χ0) is 24.3. The Hall–Kier alpha value is -2.64. The Kier molecular flexibility index (Phi) is 7.14. The summed E-state index contributed by atoms with van der Waals surface area (Å²) in [6, 6.07) is 26.5. The minimum absolute atomic E-state index is 0.121. The molecule has 0 aromatic heterocycles. The van der Waals surface area contributed by atoms with E-state index in [1.165, 1.54) is 0 Å². The molecule has 0 saturated carbocycles. The Morgan fingerprint density at radius 2 is 0.735 bits per heavy atom. The summed E-state index contributed by atoms with van der Waals surface area (Å²) in [7, 11) is -7.03. The van der Waals surface area contributed by atoms with Crippen LogP contribution in [0.3, 0.4) is 0 Å². The molecule has 174 valence electrons. The number of hydrogen-bond acceptors (Lipinski definition) is 4. The number of rotatable bonds is 7. The van der Waals surface area contributed by atoms with Gasteiger partial charge in [-0.1, -0.05) is 71.7 Å². The monoisotopic (exact) mass is 530 g/mol. The zero-order valence-corrected chi connectivity index (χ0v) is 21.0. The van der Waals surface area contributed by atoms with Gasteiger partial charge in [-0.15, -0.1) is 0 Å². The van der Waals surface area contributed by atoms with E-state index in [1.54, 1.807) is 97.1 Å². The molecule has 0 amide bonds. The van der Waals surface area contributed by atoms with Crippen LogP contribution < -0.4 is 0 Å². The minimum Gasteiger partial charge on any atom is -0.223 e. The van der Waals surface area contributed by atoms with Gasteiger partial charge in [0.05, 0.1) is 21.3 Å². The van der Waals surface area contributed by atoms with Gasteiger partial charge in [0, 0.05) is 10.0 Å². The van der Waals surface area contributed by atoms with E-state index >= 15 is 0 Å². The third kappa shape index (κ3) is 5.88. The molecule has 0 saturated heterocycles. The number of benzene rings is 4. The van der Waals surface area contributed by atoms with E-state index in [9.17, 15) is 16.8 Å². The fourth-order valence-electron chi connectivity index (χ4n) is 3.48. The van der Waals surface area contributed by atoms with Crippen molar-refractivity contribution >= 4 is 42.9 Å². The molecule has 0 aliphatic carbocycles. The van der Waals surface area contributed by atoms with E-state index < -0.39 is 19.7 Å². The van der Waals surface area contributed by atoms with Crippen LogP contribution in [0.2, 0.25) is 10.0 Å². The van der Waals surface area contributed by atoms with Crippen LogP contribution in [0.25, 0.3) is 11.1 Å². The summed E-state index contributed by atoms with van der Waals surface area (Å²) in [5.74, 6) is -0.243. The van der Waals surface area contributed by atoms with Crippen molar-refractivity contribution in [1.29, 1.82) is 0 Å². The number of halogens is 2. The van der Waals surface area contributed by atoms with Crippen LogP contribution in [0.5, 0.6) is 0 Å². The average Bonchev–Trinajstić information content (AvgIpc) is 2.82. The minimum atomic E-state index is -3.51. The molecule has 0 atom stereocenters. The maximum absolute atomic E-state index is 12.8. The van der Waals surface area contributed by atoms with Crippen molar-refractivity contribution < 1.29 is 16.8 Å². The Bertz CT molecular complexity index is 1380. The molecule has 0 unspecified atom stereocenters. The highest BCUT2D eigenvalue weighted by Crippen LogP contribution is 2.26. The third-order valence-corrected chi connectivity index (χ3v) is 9.21. The second-order valence-electron chi connectivity index (χ2n) is 7.82. The van der Waals surface area contributed by atoms with E-state index in [-0.39, 0.29) is 21.3 Å². The smallest absolute Gasteiger partial charge is 0.182 e.